The Balaban J connectivity index is 0.000000183. The Hall–Kier alpha value is -0.830. The highest BCUT2D eigenvalue weighted by Crippen LogP contribution is 1.98. The van der Waals surface area contributed by atoms with Gasteiger partial charge in [0, 0.05) is 18.8 Å². The fourth-order valence-electron chi connectivity index (χ4n) is 0.510. The van der Waals surface area contributed by atoms with E-state index in [-0.39, 0.29) is 0 Å². The van der Waals surface area contributed by atoms with Crippen LogP contribution < -0.4 is 5.73 Å². The number of hydrogen-bond acceptors (Lipinski definition) is 2. The summed E-state index contributed by atoms with van der Waals surface area (Å²) >= 11 is 0. The highest BCUT2D eigenvalue weighted by Gasteiger charge is 1.94. The topological polar surface area (TPSA) is 52.3 Å². The zero-order valence-corrected chi connectivity index (χ0v) is 6.93. The average molecular weight is 157 g/mol. The molecule has 0 aromatic carbocycles. The van der Waals surface area contributed by atoms with Crippen molar-refractivity contribution < 1.29 is 9.53 Å². The van der Waals surface area contributed by atoms with Crippen molar-refractivity contribution in [2.45, 2.75) is 19.8 Å². The van der Waals surface area contributed by atoms with Gasteiger partial charge in [-0.1, -0.05) is 6.58 Å². The number of hydrogen-bond donors (Lipinski definition) is 1. The molecule has 1 rings (SSSR count). The first-order chi connectivity index (χ1) is 5.14. The minimum Gasteiger partial charge on any atom is -0.381 e. The molecule has 0 radical (unpaired) electrons. The summed E-state index contributed by atoms with van der Waals surface area (Å²) in [6.07, 6.45) is 2.56. The second-order valence-corrected chi connectivity index (χ2v) is 2.46. The molecular formula is C8H15NO2. The number of amides is 1. The Morgan fingerprint density at radius 1 is 1.45 bits per heavy atom. The van der Waals surface area contributed by atoms with Gasteiger partial charge in [0.2, 0.25) is 5.91 Å². The molecule has 0 unspecified atom stereocenters. The van der Waals surface area contributed by atoms with Gasteiger partial charge in [-0.3, -0.25) is 4.79 Å². The van der Waals surface area contributed by atoms with Crippen LogP contribution in [0, 0.1) is 0 Å². The van der Waals surface area contributed by atoms with Crippen LogP contribution in [0.1, 0.15) is 19.8 Å². The maximum absolute atomic E-state index is 9.82. The molecule has 1 heterocycles. The summed E-state index contributed by atoms with van der Waals surface area (Å²) in [5.41, 5.74) is 5.09. The van der Waals surface area contributed by atoms with Gasteiger partial charge in [-0.15, -0.1) is 0 Å². The third-order valence-electron chi connectivity index (χ3n) is 1.25. The molecule has 64 valence electrons. The Labute approximate surface area is 67.2 Å². The van der Waals surface area contributed by atoms with Gasteiger partial charge in [-0.25, -0.2) is 0 Å². The molecule has 1 fully saturated rings. The fourth-order valence-corrected chi connectivity index (χ4v) is 0.510. The number of ether oxygens (including phenoxy) is 1. The maximum atomic E-state index is 9.82. The Morgan fingerprint density at radius 2 is 1.82 bits per heavy atom. The average Bonchev–Trinajstić information content (AvgIpc) is 2.41. The van der Waals surface area contributed by atoms with E-state index in [1.54, 1.807) is 6.92 Å². The summed E-state index contributed by atoms with van der Waals surface area (Å²) in [5, 5.41) is 0. The van der Waals surface area contributed by atoms with E-state index >= 15 is 0 Å². The summed E-state index contributed by atoms with van der Waals surface area (Å²) in [7, 11) is 0. The van der Waals surface area contributed by atoms with E-state index in [0.29, 0.717) is 5.57 Å². The second kappa shape index (κ2) is 5.92. The lowest BCUT2D eigenvalue weighted by Crippen LogP contribution is -2.10. The highest BCUT2D eigenvalue weighted by molar-refractivity contribution is 5.90. The minimum atomic E-state index is -0.435. The first kappa shape index (κ1) is 10.2. The maximum Gasteiger partial charge on any atom is 0.243 e. The second-order valence-electron chi connectivity index (χ2n) is 2.46. The van der Waals surface area contributed by atoms with E-state index in [4.69, 9.17) is 10.5 Å². The predicted octanol–water partition coefficient (Wildman–Crippen LogP) is 0.845. The molecule has 3 nitrogen and oxygen atoms in total. The van der Waals surface area contributed by atoms with Gasteiger partial charge in [-0.05, 0) is 19.8 Å². The molecule has 0 aromatic heterocycles. The quantitative estimate of drug-likeness (QED) is 0.573. The first-order valence-corrected chi connectivity index (χ1v) is 3.67. The van der Waals surface area contributed by atoms with Crippen LogP contribution in [0.4, 0.5) is 0 Å². The lowest BCUT2D eigenvalue weighted by atomic mass is 10.3. The molecule has 0 saturated carbocycles. The summed E-state index contributed by atoms with van der Waals surface area (Å²) in [4.78, 5) is 9.82. The summed E-state index contributed by atoms with van der Waals surface area (Å²) in [6.45, 7) is 6.85. The minimum absolute atomic E-state index is 0.398. The first-order valence-electron chi connectivity index (χ1n) is 3.67. The molecule has 1 saturated heterocycles. The van der Waals surface area contributed by atoms with Crippen molar-refractivity contribution in [3.63, 3.8) is 0 Å². The fraction of sp³-hybridized carbons (Fsp3) is 0.625. The lowest BCUT2D eigenvalue weighted by Gasteiger charge is -1.81. The lowest BCUT2D eigenvalue weighted by molar-refractivity contribution is -0.114. The predicted molar refractivity (Wildman–Crippen MR) is 44.1 cm³/mol. The summed E-state index contributed by atoms with van der Waals surface area (Å²) in [6, 6.07) is 0. The molecule has 11 heavy (non-hydrogen) atoms. The molecule has 0 aromatic rings. The zero-order valence-electron chi connectivity index (χ0n) is 6.93. The number of rotatable bonds is 1. The van der Waals surface area contributed by atoms with Gasteiger partial charge in [0.05, 0.1) is 0 Å². The molecule has 1 amide bonds. The SMILES string of the molecule is C1CCOC1.C=C(C)C(N)=O. The zero-order chi connectivity index (χ0) is 8.69. The van der Waals surface area contributed by atoms with E-state index in [0.717, 1.165) is 13.2 Å². The van der Waals surface area contributed by atoms with Crippen molar-refractivity contribution in [2.75, 3.05) is 13.2 Å². The van der Waals surface area contributed by atoms with Gasteiger partial charge < -0.3 is 10.5 Å². The van der Waals surface area contributed by atoms with Crippen molar-refractivity contribution in [1.82, 2.24) is 0 Å². The molecule has 1 aliphatic rings. The van der Waals surface area contributed by atoms with Crippen LogP contribution in [-0.4, -0.2) is 19.1 Å². The summed E-state index contributed by atoms with van der Waals surface area (Å²) in [5.74, 6) is -0.435. The van der Waals surface area contributed by atoms with Crippen LogP contribution in [0.15, 0.2) is 12.2 Å². The molecule has 2 N–H and O–H groups in total. The number of nitrogens with two attached hydrogens (primary N) is 1. The Morgan fingerprint density at radius 3 is 1.91 bits per heavy atom. The van der Waals surface area contributed by atoms with E-state index in [1.165, 1.54) is 12.8 Å². The molecule has 1 aliphatic heterocycles. The van der Waals surface area contributed by atoms with Crippen LogP contribution in [0.2, 0.25) is 0 Å². The standard InChI is InChI=1S/C4H7NO.C4H8O/c1-3(2)4(5)6;1-2-4-5-3-1/h1H2,2H3,(H2,5,6);1-4H2. The van der Waals surface area contributed by atoms with Crippen molar-refractivity contribution in [3.05, 3.63) is 12.2 Å². The Bertz CT molecular complexity index is 119. The van der Waals surface area contributed by atoms with Crippen LogP contribution in [0.25, 0.3) is 0 Å². The third-order valence-corrected chi connectivity index (χ3v) is 1.25. The smallest absolute Gasteiger partial charge is 0.243 e. The van der Waals surface area contributed by atoms with Gasteiger partial charge >= 0.3 is 0 Å². The third kappa shape index (κ3) is 7.06. The number of carbonyl (C=O) groups is 1. The van der Waals surface area contributed by atoms with Crippen LogP contribution >= 0.6 is 0 Å². The highest BCUT2D eigenvalue weighted by atomic mass is 16.5. The molecule has 0 spiro atoms. The summed E-state index contributed by atoms with van der Waals surface area (Å²) < 4.78 is 4.94. The van der Waals surface area contributed by atoms with Crippen molar-refractivity contribution in [3.8, 4) is 0 Å². The van der Waals surface area contributed by atoms with Crippen LogP contribution in [0.3, 0.4) is 0 Å². The molecule has 0 atom stereocenters. The largest absolute Gasteiger partial charge is 0.381 e. The van der Waals surface area contributed by atoms with E-state index in [1.807, 2.05) is 0 Å². The monoisotopic (exact) mass is 157 g/mol. The van der Waals surface area contributed by atoms with E-state index in [2.05, 4.69) is 6.58 Å². The number of primary amides is 1. The van der Waals surface area contributed by atoms with Gasteiger partial charge in [0.25, 0.3) is 0 Å². The van der Waals surface area contributed by atoms with Gasteiger partial charge in [-0.2, -0.15) is 0 Å². The van der Waals surface area contributed by atoms with Crippen molar-refractivity contribution in [1.29, 1.82) is 0 Å². The van der Waals surface area contributed by atoms with Crippen molar-refractivity contribution in [2.24, 2.45) is 5.73 Å². The van der Waals surface area contributed by atoms with Crippen LogP contribution in [0.5, 0.6) is 0 Å². The van der Waals surface area contributed by atoms with Crippen LogP contribution in [-0.2, 0) is 9.53 Å². The molecule has 3 heteroatoms. The molecule has 0 bridgehead atoms. The van der Waals surface area contributed by atoms with Crippen molar-refractivity contribution >= 4 is 5.91 Å². The van der Waals surface area contributed by atoms with Gasteiger partial charge in [0.1, 0.15) is 0 Å². The normalized spacial score (nSPS) is 15.0. The van der Waals surface area contributed by atoms with E-state index in [9.17, 15) is 4.79 Å². The Kier molecular flexibility index (Phi) is 5.47. The van der Waals surface area contributed by atoms with E-state index < -0.39 is 5.91 Å². The number of carbonyl (C=O) groups excluding carboxylic acids is 1. The van der Waals surface area contributed by atoms with Gasteiger partial charge in [0.15, 0.2) is 0 Å². The molecular weight excluding hydrogens is 142 g/mol. The molecule has 0 aliphatic carbocycles.